The van der Waals surface area contributed by atoms with Crippen LogP contribution in [0, 0.1) is 28.0 Å². The van der Waals surface area contributed by atoms with Crippen molar-refractivity contribution < 1.29 is 33.1 Å². The molecule has 0 radical (unpaired) electrons. The highest BCUT2D eigenvalue weighted by molar-refractivity contribution is 6.31. The van der Waals surface area contributed by atoms with Crippen molar-refractivity contribution in [2.45, 2.75) is 64.8 Å². The third-order valence-corrected chi connectivity index (χ3v) is 12.8. The fraction of sp³-hybridized carbons (Fsp3) is 0.429. The first kappa shape index (κ1) is 38.4. The zero-order valence-corrected chi connectivity index (χ0v) is 32.9. The highest BCUT2D eigenvalue weighted by Gasteiger charge is 2.64. The molecule has 4 aliphatic heterocycles. The maximum absolute atomic E-state index is 15.6. The monoisotopic (exact) mass is 795 g/mol. The number of imide groups is 2. The molecule has 2 N–H and O–H groups in total. The van der Waals surface area contributed by atoms with Gasteiger partial charge in [-0.1, -0.05) is 39.3 Å². The molecular formula is C42H43ClFN7O6. The number of fused-ring (bicyclic) bond motifs is 1. The Balaban J connectivity index is 0.833. The van der Waals surface area contributed by atoms with Crippen LogP contribution in [-0.2, 0) is 9.59 Å². The van der Waals surface area contributed by atoms with E-state index in [-0.39, 0.29) is 53.6 Å². The van der Waals surface area contributed by atoms with E-state index in [1.165, 1.54) is 6.07 Å². The number of benzene rings is 3. The number of nitrogens with one attached hydrogen (secondary N) is 2. The molecule has 0 aromatic heterocycles. The molecule has 3 aromatic rings. The van der Waals surface area contributed by atoms with E-state index in [2.05, 4.69) is 20.4 Å². The normalized spacial score (nSPS) is 24.3. The van der Waals surface area contributed by atoms with E-state index in [0.29, 0.717) is 35.1 Å². The Morgan fingerprint density at radius 1 is 0.912 bits per heavy atom. The van der Waals surface area contributed by atoms with Crippen LogP contribution in [0.5, 0.6) is 5.75 Å². The molecule has 1 unspecified atom stereocenters. The summed E-state index contributed by atoms with van der Waals surface area (Å²) < 4.78 is 22.0. The van der Waals surface area contributed by atoms with Gasteiger partial charge in [-0.2, -0.15) is 5.26 Å². The second-order valence-corrected chi connectivity index (χ2v) is 17.1. The van der Waals surface area contributed by atoms with Gasteiger partial charge < -0.3 is 19.9 Å². The molecule has 57 heavy (non-hydrogen) atoms. The van der Waals surface area contributed by atoms with Crippen LogP contribution < -0.4 is 25.2 Å². The number of nitriles is 1. The lowest BCUT2D eigenvalue weighted by Crippen LogP contribution is -2.74. The Morgan fingerprint density at radius 3 is 2.26 bits per heavy atom. The first-order valence-electron chi connectivity index (χ1n) is 19.1. The summed E-state index contributed by atoms with van der Waals surface area (Å²) >= 11 is 6.22. The fourth-order valence-electron chi connectivity index (χ4n) is 9.60. The Morgan fingerprint density at radius 2 is 1.61 bits per heavy atom. The molecular weight excluding hydrogens is 753 g/mol. The van der Waals surface area contributed by atoms with Gasteiger partial charge in [-0.25, -0.2) is 4.39 Å². The number of nitrogens with zero attached hydrogens (tertiary/aromatic N) is 5. The summed E-state index contributed by atoms with van der Waals surface area (Å²) in [4.78, 5) is 71.3. The molecule has 4 heterocycles. The number of anilines is 2. The number of halogens is 2. The van der Waals surface area contributed by atoms with E-state index < -0.39 is 46.3 Å². The SMILES string of the molecule is CC1(C)[C@H](NC(=O)c2ccc(N3CCN(C4CN(c5ccc6c(c5)C(=O)N(C5CCC(=O)NC5=O)C6=O)C4)CC3)c(F)c2)C(C)(C)[C@H]1Oc1ccc(C#N)c(Cl)c1. The number of amides is 5. The van der Waals surface area contributed by atoms with Crippen LogP contribution in [0.4, 0.5) is 15.8 Å². The minimum atomic E-state index is -1.01. The van der Waals surface area contributed by atoms with Crippen LogP contribution in [0.2, 0.25) is 5.02 Å². The minimum absolute atomic E-state index is 0.0651. The van der Waals surface area contributed by atoms with Crippen molar-refractivity contribution in [2.75, 3.05) is 49.1 Å². The van der Waals surface area contributed by atoms with Gasteiger partial charge in [0, 0.05) is 85.9 Å². The summed E-state index contributed by atoms with van der Waals surface area (Å²) in [6.07, 6.45) is -0.0956. The number of hydrogen-bond donors (Lipinski definition) is 2. The molecule has 1 atom stereocenters. The van der Waals surface area contributed by atoms with E-state index in [1.807, 2.05) is 44.7 Å². The van der Waals surface area contributed by atoms with Crippen molar-refractivity contribution >= 4 is 52.5 Å². The standard InChI is InChI=1S/C42H43ClFN7O6/c1-41(2)39(42(3,4)40(41)57-27-8-5-24(20-45)30(43)19-27)47-35(53)23-6-10-32(31(44)17-23)49-15-13-48(14-16-49)26-21-50(22-26)25-7-9-28-29(18-25)38(56)51(37(28)55)33-11-12-34(52)46-36(33)54/h5-10,17-19,26,33,39-40H,11-16,21-22H2,1-4H3,(H,47,53)(H,46,52,54)/t33?,39-,40-. The van der Waals surface area contributed by atoms with Crippen molar-refractivity contribution in [3.8, 4) is 11.8 Å². The molecule has 15 heteroatoms. The van der Waals surface area contributed by atoms with Crippen LogP contribution in [0.15, 0.2) is 54.6 Å². The molecule has 1 aliphatic carbocycles. The number of carbonyl (C=O) groups is 5. The van der Waals surface area contributed by atoms with Gasteiger partial charge in [0.25, 0.3) is 17.7 Å². The average Bonchev–Trinajstić information content (AvgIpc) is 3.40. The summed E-state index contributed by atoms with van der Waals surface area (Å²) in [6, 6.07) is 15.8. The highest BCUT2D eigenvalue weighted by Crippen LogP contribution is 2.55. The van der Waals surface area contributed by atoms with Crippen LogP contribution in [-0.4, -0.2) is 103 Å². The van der Waals surface area contributed by atoms with E-state index in [4.69, 9.17) is 16.3 Å². The van der Waals surface area contributed by atoms with E-state index in [0.717, 1.165) is 36.8 Å². The largest absolute Gasteiger partial charge is 0.489 e. The van der Waals surface area contributed by atoms with Crippen molar-refractivity contribution in [1.29, 1.82) is 5.26 Å². The van der Waals surface area contributed by atoms with Gasteiger partial charge in [-0.3, -0.25) is 39.1 Å². The van der Waals surface area contributed by atoms with Gasteiger partial charge in [-0.15, -0.1) is 0 Å². The van der Waals surface area contributed by atoms with Gasteiger partial charge in [-0.05, 0) is 55.0 Å². The van der Waals surface area contributed by atoms with Crippen molar-refractivity contribution in [3.63, 3.8) is 0 Å². The van der Waals surface area contributed by atoms with Crippen molar-refractivity contribution in [3.05, 3.63) is 87.7 Å². The molecule has 0 bridgehead atoms. The Bertz CT molecular complexity index is 2240. The first-order valence-corrected chi connectivity index (χ1v) is 19.5. The number of ether oxygens (including phenoxy) is 1. The number of hydrogen-bond acceptors (Lipinski definition) is 10. The lowest BCUT2D eigenvalue weighted by molar-refractivity contribution is -0.164. The zero-order chi connectivity index (χ0) is 40.6. The summed E-state index contributed by atoms with van der Waals surface area (Å²) in [7, 11) is 0. The Kier molecular flexibility index (Phi) is 9.52. The predicted octanol–water partition coefficient (Wildman–Crippen LogP) is 4.37. The number of rotatable bonds is 8. The number of piperazine rings is 1. The van der Waals surface area contributed by atoms with Crippen molar-refractivity contribution in [1.82, 2.24) is 20.4 Å². The van der Waals surface area contributed by atoms with Crippen molar-refractivity contribution in [2.24, 2.45) is 10.8 Å². The second kappa shape index (κ2) is 14.1. The molecule has 296 valence electrons. The third-order valence-electron chi connectivity index (χ3n) is 12.5. The quantitative estimate of drug-likeness (QED) is 0.314. The van der Waals surface area contributed by atoms with E-state index in [1.54, 1.807) is 42.5 Å². The van der Waals surface area contributed by atoms with Crippen LogP contribution in [0.3, 0.4) is 0 Å². The zero-order valence-electron chi connectivity index (χ0n) is 32.1. The second-order valence-electron chi connectivity index (χ2n) is 16.7. The Hall–Kier alpha value is -5.52. The molecule has 4 fully saturated rings. The number of piperidine rings is 1. The minimum Gasteiger partial charge on any atom is -0.489 e. The molecule has 1 saturated carbocycles. The fourth-order valence-corrected chi connectivity index (χ4v) is 9.81. The van der Waals surface area contributed by atoms with Crippen LogP contribution in [0.1, 0.15) is 77.2 Å². The van der Waals surface area contributed by atoms with E-state index in [9.17, 15) is 29.2 Å². The van der Waals surface area contributed by atoms with Gasteiger partial charge >= 0.3 is 0 Å². The predicted molar refractivity (Wildman–Crippen MR) is 209 cm³/mol. The molecule has 0 spiro atoms. The molecule has 8 rings (SSSR count). The third kappa shape index (κ3) is 6.56. The number of carbonyl (C=O) groups excluding carboxylic acids is 5. The molecule has 5 aliphatic rings. The first-order chi connectivity index (χ1) is 27.1. The summed E-state index contributed by atoms with van der Waals surface area (Å²) in [5, 5.41) is 14.9. The smallest absolute Gasteiger partial charge is 0.262 e. The van der Waals surface area contributed by atoms with Crippen LogP contribution in [0.25, 0.3) is 0 Å². The average molecular weight is 796 g/mol. The topological polar surface area (TPSA) is 155 Å². The molecule has 5 amide bonds. The summed E-state index contributed by atoms with van der Waals surface area (Å²) in [5.41, 5.74) is 1.44. The maximum Gasteiger partial charge on any atom is 0.262 e. The molecule has 3 saturated heterocycles. The lowest BCUT2D eigenvalue weighted by atomic mass is 9.49. The molecule has 3 aromatic carbocycles. The van der Waals surface area contributed by atoms with Gasteiger partial charge in [0.15, 0.2) is 0 Å². The highest BCUT2D eigenvalue weighted by atomic mass is 35.5. The summed E-state index contributed by atoms with van der Waals surface area (Å²) in [5.74, 6) is -2.39. The van der Waals surface area contributed by atoms with E-state index >= 15 is 4.39 Å². The van der Waals surface area contributed by atoms with Crippen LogP contribution >= 0.6 is 11.6 Å². The van der Waals surface area contributed by atoms with Gasteiger partial charge in [0.1, 0.15) is 29.8 Å². The maximum atomic E-state index is 15.6. The van der Waals surface area contributed by atoms with Gasteiger partial charge in [0.2, 0.25) is 11.8 Å². The lowest BCUT2D eigenvalue weighted by Gasteiger charge is -2.63. The molecule has 13 nitrogen and oxygen atoms in total. The Labute approximate surface area is 334 Å². The summed E-state index contributed by atoms with van der Waals surface area (Å²) in [6.45, 7) is 12.2. The van der Waals surface area contributed by atoms with Gasteiger partial charge in [0.05, 0.1) is 27.4 Å².